The van der Waals surface area contributed by atoms with Crippen molar-refractivity contribution in [3.63, 3.8) is 0 Å². The maximum absolute atomic E-state index is 2.45. The Morgan fingerprint density at radius 3 is 1.65 bits per heavy atom. The summed E-state index contributed by atoms with van der Waals surface area (Å²) in [6, 6.07) is 72.7. The van der Waals surface area contributed by atoms with Gasteiger partial charge in [0.1, 0.15) is 0 Å². The van der Waals surface area contributed by atoms with Crippen molar-refractivity contribution in [1.82, 2.24) is 9.13 Å². The van der Waals surface area contributed by atoms with Crippen LogP contribution in [0.2, 0.25) is 0 Å². The molecule has 0 saturated heterocycles. The summed E-state index contributed by atoms with van der Waals surface area (Å²) in [6.45, 7) is 0. The van der Waals surface area contributed by atoms with E-state index in [0.717, 1.165) is 12.1 Å². The standard InChI is InChI=1S/C55H38N2/c1-4-14-38(15-5-1)41-26-30-46(31-27-41)56-52-24-11-10-23-48(52)50-35-43(21-13-25-53(50)56)44-29-33-54-51(36-44)49-32-28-45(40-18-8-3-9-19-40)37-55(49)57(54)47-22-12-20-42(34-47)39-16-6-2-7-17-39/h1-24,26-37H,25H2. The molecular formula is C55H38N2. The lowest BCUT2D eigenvalue weighted by molar-refractivity contribution is 1.00. The minimum atomic E-state index is 0.839. The first-order valence-electron chi connectivity index (χ1n) is 19.7. The Bertz CT molecular complexity index is 3160. The second-order valence-electron chi connectivity index (χ2n) is 14.9. The van der Waals surface area contributed by atoms with Crippen LogP contribution in [0.25, 0.3) is 89.1 Å². The van der Waals surface area contributed by atoms with Crippen LogP contribution in [-0.4, -0.2) is 9.13 Å². The highest BCUT2D eigenvalue weighted by molar-refractivity contribution is 6.12. The van der Waals surface area contributed by atoms with Crippen LogP contribution in [0.5, 0.6) is 0 Å². The Morgan fingerprint density at radius 1 is 0.333 bits per heavy atom. The van der Waals surface area contributed by atoms with E-state index in [1.807, 2.05) is 0 Å². The monoisotopic (exact) mass is 726 g/mol. The molecule has 1 aliphatic rings. The first kappa shape index (κ1) is 33.0. The largest absolute Gasteiger partial charge is 0.313 e. The van der Waals surface area contributed by atoms with E-state index in [1.165, 1.54) is 94.2 Å². The Kier molecular flexibility index (Phi) is 7.93. The summed E-state index contributed by atoms with van der Waals surface area (Å²) >= 11 is 0. The zero-order valence-corrected chi connectivity index (χ0v) is 31.4. The molecule has 2 nitrogen and oxygen atoms in total. The summed E-state index contributed by atoms with van der Waals surface area (Å²) in [6.07, 6.45) is 7.90. The summed E-state index contributed by atoms with van der Waals surface area (Å²) in [7, 11) is 0. The van der Waals surface area contributed by atoms with E-state index < -0.39 is 0 Å². The van der Waals surface area contributed by atoms with E-state index in [2.05, 4.69) is 228 Å². The van der Waals surface area contributed by atoms with E-state index in [-0.39, 0.29) is 0 Å². The SMILES string of the molecule is C1=CC(c2ccc3c(c2)c2ccc(-c4ccccc4)cc2n3-c2cccc(-c3ccccc3)c2)=Cc2c(n(-c3ccc(-c4ccccc4)cc3)c3ccccc23)C1. The smallest absolute Gasteiger partial charge is 0.0547 e. The third-order valence-electron chi connectivity index (χ3n) is 11.6. The van der Waals surface area contributed by atoms with Crippen LogP contribution in [0.1, 0.15) is 16.8 Å². The van der Waals surface area contributed by atoms with Crippen molar-refractivity contribution in [3.8, 4) is 44.8 Å². The molecule has 0 fully saturated rings. The molecule has 2 aromatic heterocycles. The number of allylic oxidation sites excluding steroid dienone is 3. The molecule has 0 atom stereocenters. The minimum absolute atomic E-state index is 0.839. The highest BCUT2D eigenvalue weighted by Gasteiger charge is 2.20. The molecule has 0 unspecified atom stereocenters. The zero-order chi connectivity index (χ0) is 37.7. The molecule has 0 saturated carbocycles. The van der Waals surface area contributed by atoms with Crippen molar-refractivity contribution in [2.24, 2.45) is 0 Å². The molecular weight excluding hydrogens is 689 g/mol. The van der Waals surface area contributed by atoms with Crippen LogP contribution in [0.3, 0.4) is 0 Å². The lowest BCUT2D eigenvalue weighted by atomic mass is 9.99. The summed E-state index contributed by atoms with van der Waals surface area (Å²) in [5.74, 6) is 0. The molecule has 0 bridgehead atoms. The van der Waals surface area contributed by atoms with Gasteiger partial charge in [-0.3, -0.25) is 0 Å². The number of hydrogen-bond donors (Lipinski definition) is 0. The van der Waals surface area contributed by atoms with Gasteiger partial charge in [-0.15, -0.1) is 0 Å². The molecule has 0 radical (unpaired) electrons. The molecule has 2 heteroatoms. The van der Waals surface area contributed by atoms with Crippen molar-refractivity contribution in [1.29, 1.82) is 0 Å². The van der Waals surface area contributed by atoms with Crippen molar-refractivity contribution >= 4 is 44.4 Å². The second kappa shape index (κ2) is 13.7. The summed E-state index contributed by atoms with van der Waals surface area (Å²) in [5.41, 5.74) is 18.2. The summed E-state index contributed by atoms with van der Waals surface area (Å²) in [5, 5.41) is 3.75. The Balaban J connectivity index is 1.06. The maximum Gasteiger partial charge on any atom is 0.0547 e. The lowest BCUT2D eigenvalue weighted by Gasteiger charge is -2.11. The fraction of sp³-hybridized carbons (Fsp3) is 0.0182. The van der Waals surface area contributed by atoms with Gasteiger partial charge >= 0.3 is 0 Å². The Labute approximate surface area is 332 Å². The molecule has 57 heavy (non-hydrogen) atoms. The van der Waals surface area contributed by atoms with Crippen LogP contribution < -0.4 is 0 Å². The van der Waals surface area contributed by atoms with Gasteiger partial charge in [-0.1, -0.05) is 164 Å². The molecule has 8 aromatic carbocycles. The number of fused-ring (bicyclic) bond motifs is 6. The van der Waals surface area contributed by atoms with Gasteiger partial charge in [0, 0.05) is 45.2 Å². The number of benzene rings is 8. The maximum atomic E-state index is 2.45. The first-order chi connectivity index (χ1) is 28.3. The number of hydrogen-bond acceptors (Lipinski definition) is 0. The summed E-state index contributed by atoms with van der Waals surface area (Å²) in [4.78, 5) is 0. The molecule has 1 aliphatic carbocycles. The van der Waals surface area contributed by atoms with Crippen molar-refractivity contribution < 1.29 is 0 Å². The molecule has 268 valence electrons. The van der Waals surface area contributed by atoms with Gasteiger partial charge in [-0.2, -0.15) is 0 Å². The van der Waals surface area contributed by atoms with Gasteiger partial charge in [-0.05, 0) is 99.1 Å². The summed E-state index contributed by atoms with van der Waals surface area (Å²) < 4.78 is 4.90. The third-order valence-corrected chi connectivity index (χ3v) is 11.6. The van der Waals surface area contributed by atoms with E-state index >= 15 is 0 Å². The number of rotatable bonds is 6. The number of para-hydroxylation sites is 1. The molecule has 0 N–H and O–H groups in total. The van der Waals surface area contributed by atoms with Gasteiger partial charge in [0.25, 0.3) is 0 Å². The first-order valence-corrected chi connectivity index (χ1v) is 19.7. The van der Waals surface area contributed by atoms with Crippen LogP contribution in [0.15, 0.2) is 212 Å². The van der Waals surface area contributed by atoms with E-state index in [4.69, 9.17) is 0 Å². The van der Waals surface area contributed by atoms with Gasteiger partial charge in [0.2, 0.25) is 0 Å². The molecule has 2 heterocycles. The third kappa shape index (κ3) is 5.73. The predicted octanol–water partition coefficient (Wildman–Crippen LogP) is 14.4. The average Bonchev–Trinajstić information content (AvgIpc) is 3.68. The number of nitrogens with zero attached hydrogens (tertiary/aromatic N) is 2. The van der Waals surface area contributed by atoms with Gasteiger partial charge in [0.15, 0.2) is 0 Å². The molecule has 0 amide bonds. The highest BCUT2D eigenvalue weighted by atomic mass is 15.0. The molecule has 10 aromatic rings. The topological polar surface area (TPSA) is 9.86 Å². The van der Waals surface area contributed by atoms with Gasteiger partial charge in [0.05, 0.1) is 16.6 Å². The Morgan fingerprint density at radius 2 is 0.912 bits per heavy atom. The van der Waals surface area contributed by atoms with E-state index in [1.54, 1.807) is 0 Å². The van der Waals surface area contributed by atoms with E-state index in [0.29, 0.717) is 0 Å². The van der Waals surface area contributed by atoms with Crippen molar-refractivity contribution in [2.45, 2.75) is 6.42 Å². The zero-order valence-electron chi connectivity index (χ0n) is 31.4. The predicted molar refractivity (Wildman–Crippen MR) is 241 cm³/mol. The van der Waals surface area contributed by atoms with E-state index in [9.17, 15) is 0 Å². The normalized spacial score (nSPS) is 12.5. The minimum Gasteiger partial charge on any atom is -0.313 e. The Hall–Kier alpha value is -7.42. The fourth-order valence-corrected chi connectivity index (χ4v) is 8.83. The molecule has 11 rings (SSSR count). The van der Waals surface area contributed by atoms with Gasteiger partial charge < -0.3 is 9.13 Å². The molecule has 0 aliphatic heterocycles. The van der Waals surface area contributed by atoms with Crippen LogP contribution in [0, 0.1) is 0 Å². The van der Waals surface area contributed by atoms with Crippen LogP contribution in [0.4, 0.5) is 0 Å². The second-order valence-corrected chi connectivity index (χ2v) is 14.9. The highest BCUT2D eigenvalue weighted by Crippen LogP contribution is 2.40. The lowest BCUT2D eigenvalue weighted by Crippen LogP contribution is -2.00. The number of aromatic nitrogens is 2. The van der Waals surface area contributed by atoms with Crippen molar-refractivity contribution in [2.75, 3.05) is 0 Å². The molecule has 0 spiro atoms. The van der Waals surface area contributed by atoms with Crippen molar-refractivity contribution in [3.05, 3.63) is 229 Å². The van der Waals surface area contributed by atoms with Crippen LogP contribution >= 0.6 is 0 Å². The fourth-order valence-electron chi connectivity index (χ4n) is 8.83. The van der Waals surface area contributed by atoms with Crippen LogP contribution in [-0.2, 0) is 6.42 Å². The average molecular weight is 727 g/mol. The van der Waals surface area contributed by atoms with Gasteiger partial charge in [-0.25, -0.2) is 0 Å². The quantitative estimate of drug-likeness (QED) is 0.161.